The van der Waals surface area contributed by atoms with Gasteiger partial charge in [-0.05, 0) is 37.8 Å². The number of benzene rings is 1. The van der Waals surface area contributed by atoms with Crippen LogP contribution in [0.25, 0.3) is 0 Å². The summed E-state index contributed by atoms with van der Waals surface area (Å²) in [6, 6.07) is 2.09. The third-order valence-corrected chi connectivity index (χ3v) is 4.49. The van der Waals surface area contributed by atoms with Crippen LogP contribution in [0.4, 0.5) is 0 Å². The largest absolute Gasteiger partial charge is 0.504 e. The molecular formula is C15H23NO2. The fraction of sp³-hybridized carbons (Fsp3) is 0.600. The lowest BCUT2D eigenvalue weighted by Crippen LogP contribution is -2.32. The Morgan fingerprint density at radius 2 is 1.94 bits per heavy atom. The summed E-state index contributed by atoms with van der Waals surface area (Å²) in [7, 11) is 1.61. The molecule has 100 valence electrons. The van der Waals surface area contributed by atoms with Gasteiger partial charge in [0.25, 0.3) is 0 Å². The number of hydrogen-bond acceptors (Lipinski definition) is 3. The highest BCUT2D eigenvalue weighted by Crippen LogP contribution is 2.48. The lowest BCUT2D eigenvalue weighted by molar-refractivity contribution is 0.352. The Hall–Kier alpha value is -1.22. The molecule has 3 nitrogen and oxygen atoms in total. The van der Waals surface area contributed by atoms with Crippen molar-refractivity contribution in [1.29, 1.82) is 0 Å². The van der Waals surface area contributed by atoms with E-state index in [1.165, 1.54) is 12.8 Å². The first-order chi connectivity index (χ1) is 8.55. The molecule has 0 amide bonds. The summed E-state index contributed by atoms with van der Waals surface area (Å²) in [4.78, 5) is 0. The molecule has 0 unspecified atom stereocenters. The van der Waals surface area contributed by atoms with Gasteiger partial charge in [-0.1, -0.05) is 18.9 Å². The second-order valence-corrected chi connectivity index (χ2v) is 5.44. The lowest BCUT2D eigenvalue weighted by atomic mass is 9.77. The molecule has 1 saturated carbocycles. The SMILES string of the molecule is COc1c(C)c(C)cc(C2(CN)CCCC2)c1O. The van der Waals surface area contributed by atoms with Crippen molar-refractivity contribution in [1.82, 2.24) is 0 Å². The van der Waals surface area contributed by atoms with Crippen LogP contribution in [-0.2, 0) is 5.41 Å². The molecule has 1 aromatic rings. The van der Waals surface area contributed by atoms with Crippen LogP contribution < -0.4 is 10.5 Å². The van der Waals surface area contributed by atoms with Gasteiger partial charge in [-0.25, -0.2) is 0 Å². The van der Waals surface area contributed by atoms with Crippen molar-refractivity contribution in [3.8, 4) is 11.5 Å². The number of rotatable bonds is 3. The van der Waals surface area contributed by atoms with Crippen LogP contribution in [0.15, 0.2) is 6.07 Å². The zero-order chi connectivity index (χ0) is 13.3. The van der Waals surface area contributed by atoms with Gasteiger partial charge in [0.2, 0.25) is 0 Å². The van der Waals surface area contributed by atoms with E-state index >= 15 is 0 Å². The molecule has 1 aliphatic carbocycles. The zero-order valence-electron chi connectivity index (χ0n) is 11.5. The average Bonchev–Trinajstić information content (AvgIpc) is 2.84. The fourth-order valence-electron chi connectivity index (χ4n) is 3.16. The average molecular weight is 249 g/mol. The number of aryl methyl sites for hydroxylation is 1. The number of methoxy groups -OCH3 is 1. The van der Waals surface area contributed by atoms with Crippen LogP contribution in [0.1, 0.15) is 42.4 Å². The molecule has 3 N–H and O–H groups in total. The van der Waals surface area contributed by atoms with Crippen LogP contribution in [0, 0.1) is 13.8 Å². The highest BCUT2D eigenvalue weighted by Gasteiger charge is 2.37. The van der Waals surface area contributed by atoms with Crippen molar-refractivity contribution < 1.29 is 9.84 Å². The molecule has 0 aromatic heterocycles. The summed E-state index contributed by atoms with van der Waals surface area (Å²) >= 11 is 0. The molecule has 0 atom stereocenters. The second kappa shape index (κ2) is 4.81. The highest BCUT2D eigenvalue weighted by atomic mass is 16.5. The van der Waals surface area contributed by atoms with Gasteiger partial charge in [0.15, 0.2) is 11.5 Å². The summed E-state index contributed by atoms with van der Waals surface area (Å²) in [6.45, 7) is 4.62. The molecule has 1 aliphatic rings. The smallest absolute Gasteiger partial charge is 0.163 e. The van der Waals surface area contributed by atoms with Crippen LogP contribution in [0.5, 0.6) is 11.5 Å². The highest BCUT2D eigenvalue weighted by molar-refractivity contribution is 5.56. The maximum absolute atomic E-state index is 10.5. The molecule has 0 bridgehead atoms. The van der Waals surface area contributed by atoms with Crippen molar-refractivity contribution in [2.75, 3.05) is 13.7 Å². The predicted octanol–water partition coefficient (Wildman–Crippen LogP) is 2.79. The molecule has 0 saturated heterocycles. The Morgan fingerprint density at radius 1 is 1.33 bits per heavy atom. The molecule has 0 aliphatic heterocycles. The summed E-state index contributed by atoms with van der Waals surface area (Å²) in [5, 5.41) is 10.5. The van der Waals surface area contributed by atoms with Crippen molar-refractivity contribution in [2.24, 2.45) is 5.73 Å². The minimum Gasteiger partial charge on any atom is -0.504 e. The molecule has 3 heteroatoms. The first kappa shape index (κ1) is 13.2. The number of phenols is 1. The molecule has 18 heavy (non-hydrogen) atoms. The van der Waals surface area contributed by atoms with Crippen molar-refractivity contribution in [3.05, 3.63) is 22.8 Å². The van der Waals surface area contributed by atoms with Gasteiger partial charge in [0, 0.05) is 17.5 Å². The number of hydrogen-bond donors (Lipinski definition) is 2. The van der Waals surface area contributed by atoms with Gasteiger partial charge >= 0.3 is 0 Å². The predicted molar refractivity (Wildman–Crippen MR) is 73.3 cm³/mol. The molecule has 0 radical (unpaired) electrons. The van der Waals surface area contributed by atoms with Gasteiger partial charge in [-0.15, -0.1) is 0 Å². The monoisotopic (exact) mass is 249 g/mol. The molecule has 0 heterocycles. The summed E-state index contributed by atoms with van der Waals surface area (Å²) in [6.07, 6.45) is 4.49. The number of ether oxygens (including phenoxy) is 1. The number of phenolic OH excluding ortho intramolecular Hbond substituents is 1. The quantitative estimate of drug-likeness (QED) is 0.866. The van der Waals surface area contributed by atoms with E-state index in [0.29, 0.717) is 12.3 Å². The first-order valence-corrected chi connectivity index (χ1v) is 6.63. The Balaban J connectivity index is 2.60. The van der Waals surface area contributed by atoms with Crippen molar-refractivity contribution >= 4 is 0 Å². The second-order valence-electron chi connectivity index (χ2n) is 5.44. The lowest BCUT2D eigenvalue weighted by Gasteiger charge is -2.30. The van der Waals surface area contributed by atoms with E-state index in [0.717, 1.165) is 29.5 Å². The van der Waals surface area contributed by atoms with E-state index in [-0.39, 0.29) is 11.2 Å². The van der Waals surface area contributed by atoms with E-state index in [9.17, 15) is 5.11 Å². The molecule has 1 fully saturated rings. The van der Waals surface area contributed by atoms with Crippen LogP contribution in [0.2, 0.25) is 0 Å². The molecule has 1 aromatic carbocycles. The standard InChI is InChI=1S/C15H23NO2/c1-10-8-12(13(17)14(18-3)11(10)2)15(9-16)6-4-5-7-15/h8,17H,4-7,9,16H2,1-3H3. The minimum atomic E-state index is -0.0597. The fourth-order valence-corrected chi connectivity index (χ4v) is 3.16. The van der Waals surface area contributed by atoms with Gasteiger partial charge in [-0.3, -0.25) is 0 Å². The van der Waals surface area contributed by atoms with E-state index < -0.39 is 0 Å². The zero-order valence-corrected chi connectivity index (χ0v) is 11.5. The van der Waals surface area contributed by atoms with E-state index in [1.54, 1.807) is 7.11 Å². The van der Waals surface area contributed by atoms with Crippen LogP contribution >= 0.6 is 0 Å². The maximum atomic E-state index is 10.5. The van der Waals surface area contributed by atoms with Gasteiger partial charge in [-0.2, -0.15) is 0 Å². The maximum Gasteiger partial charge on any atom is 0.163 e. The third kappa shape index (κ3) is 1.87. The van der Waals surface area contributed by atoms with Crippen LogP contribution in [-0.4, -0.2) is 18.8 Å². The first-order valence-electron chi connectivity index (χ1n) is 6.63. The van der Waals surface area contributed by atoms with Gasteiger partial charge in [0.05, 0.1) is 7.11 Å². The summed E-state index contributed by atoms with van der Waals surface area (Å²) < 4.78 is 5.36. The van der Waals surface area contributed by atoms with Crippen molar-refractivity contribution in [2.45, 2.75) is 44.9 Å². The summed E-state index contributed by atoms with van der Waals surface area (Å²) in [5.74, 6) is 0.887. The van der Waals surface area contributed by atoms with Crippen LogP contribution in [0.3, 0.4) is 0 Å². The molecule has 2 rings (SSSR count). The minimum absolute atomic E-state index is 0.0597. The summed E-state index contributed by atoms with van der Waals surface area (Å²) in [5.41, 5.74) is 9.07. The van der Waals surface area contributed by atoms with E-state index in [1.807, 2.05) is 6.92 Å². The Bertz CT molecular complexity index is 448. The van der Waals surface area contributed by atoms with E-state index in [4.69, 9.17) is 10.5 Å². The van der Waals surface area contributed by atoms with Gasteiger partial charge < -0.3 is 15.6 Å². The Kier molecular flexibility index (Phi) is 3.53. The third-order valence-electron chi connectivity index (χ3n) is 4.49. The van der Waals surface area contributed by atoms with Gasteiger partial charge in [0.1, 0.15) is 0 Å². The number of nitrogens with two attached hydrogens (primary N) is 1. The topological polar surface area (TPSA) is 55.5 Å². The Labute approximate surface area is 109 Å². The van der Waals surface area contributed by atoms with Crippen molar-refractivity contribution in [3.63, 3.8) is 0 Å². The Morgan fingerprint density at radius 3 is 2.44 bits per heavy atom. The molecular weight excluding hydrogens is 226 g/mol. The van der Waals surface area contributed by atoms with E-state index in [2.05, 4.69) is 13.0 Å². The molecule has 0 spiro atoms. The number of aromatic hydroxyl groups is 1. The normalized spacial score (nSPS) is 18.0.